The summed E-state index contributed by atoms with van der Waals surface area (Å²) in [6.45, 7) is 2.83. The van der Waals surface area contributed by atoms with E-state index >= 15 is 0 Å². The summed E-state index contributed by atoms with van der Waals surface area (Å²) in [7, 11) is 0. The Kier molecular flexibility index (Phi) is 7.69. The predicted molar refractivity (Wildman–Crippen MR) is 143 cm³/mol. The second-order valence-corrected chi connectivity index (χ2v) is 9.44. The molecule has 2 N–H and O–H groups in total. The van der Waals surface area contributed by atoms with Crippen molar-refractivity contribution in [3.63, 3.8) is 0 Å². The van der Waals surface area contributed by atoms with Crippen LogP contribution in [-0.4, -0.2) is 70.5 Å². The highest BCUT2D eigenvalue weighted by Crippen LogP contribution is 2.27. The molecule has 0 radical (unpaired) electrons. The van der Waals surface area contributed by atoms with Crippen molar-refractivity contribution in [1.82, 2.24) is 24.8 Å². The molecule has 9 nitrogen and oxygen atoms in total. The molecule has 40 heavy (non-hydrogen) atoms. The normalized spacial score (nSPS) is 14.7. The molecule has 1 aliphatic heterocycles. The number of benzene rings is 2. The Hall–Kier alpha value is -4.45. The number of imidazole rings is 1. The third-order valence-corrected chi connectivity index (χ3v) is 6.66. The number of amides is 3. The first kappa shape index (κ1) is 27.1. The van der Waals surface area contributed by atoms with Crippen LogP contribution in [0.15, 0.2) is 67.0 Å². The van der Waals surface area contributed by atoms with Gasteiger partial charge in [-0.3, -0.25) is 4.79 Å². The minimum absolute atomic E-state index is 0.0882. The van der Waals surface area contributed by atoms with Gasteiger partial charge in [0, 0.05) is 29.9 Å². The Morgan fingerprint density at radius 2 is 1.75 bits per heavy atom. The van der Waals surface area contributed by atoms with Crippen molar-refractivity contribution in [2.24, 2.45) is 0 Å². The van der Waals surface area contributed by atoms with E-state index in [0.29, 0.717) is 48.9 Å². The van der Waals surface area contributed by atoms with Crippen LogP contribution in [0.2, 0.25) is 0 Å². The van der Waals surface area contributed by atoms with Crippen LogP contribution in [0.5, 0.6) is 0 Å². The van der Waals surface area contributed by atoms with Gasteiger partial charge in [-0.05, 0) is 36.2 Å². The number of aromatic nitrogens is 3. The van der Waals surface area contributed by atoms with Gasteiger partial charge in [0.05, 0.1) is 37.2 Å². The highest BCUT2D eigenvalue weighted by molar-refractivity contribution is 5.90. The Morgan fingerprint density at radius 1 is 1.00 bits per heavy atom. The molecule has 1 fully saturated rings. The largest absolute Gasteiger partial charge is 0.405 e. The summed E-state index contributed by atoms with van der Waals surface area (Å²) in [5.41, 5.74) is 4.93. The van der Waals surface area contributed by atoms with Gasteiger partial charge in [-0.2, -0.15) is 18.3 Å². The summed E-state index contributed by atoms with van der Waals surface area (Å²) < 4.78 is 44.0. The zero-order valence-corrected chi connectivity index (χ0v) is 21.6. The lowest BCUT2D eigenvalue weighted by molar-refractivity contribution is -0.136. The molecule has 3 heterocycles. The van der Waals surface area contributed by atoms with E-state index < -0.39 is 18.8 Å². The number of nitrogens with one attached hydrogen (secondary N) is 2. The van der Waals surface area contributed by atoms with Crippen LogP contribution >= 0.6 is 0 Å². The van der Waals surface area contributed by atoms with E-state index in [2.05, 4.69) is 15.4 Å². The Morgan fingerprint density at radius 3 is 2.48 bits per heavy atom. The first-order valence-corrected chi connectivity index (χ1v) is 12.7. The Bertz CT molecular complexity index is 1510. The maximum Gasteiger partial charge on any atom is 0.405 e. The second kappa shape index (κ2) is 11.3. The van der Waals surface area contributed by atoms with Gasteiger partial charge in [0.2, 0.25) is 5.91 Å². The van der Waals surface area contributed by atoms with Gasteiger partial charge < -0.3 is 20.3 Å². The van der Waals surface area contributed by atoms with E-state index in [4.69, 9.17) is 4.74 Å². The van der Waals surface area contributed by atoms with Gasteiger partial charge in [-0.1, -0.05) is 36.4 Å². The third-order valence-electron chi connectivity index (χ3n) is 6.66. The Labute approximate surface area is 228 Å². The average molecular weight is 553 g/mol. The SMILES string of the molecule is CC(C(=O)N1CCOCC1)c1ccc(-c2cnn3c(-c4cccc(NC(=O)NCC(F)(F)F)c4)cnc3c2)cc1. The van der Waals surface area contributed by atoms with E-state index in [1.807, 2.05) is 42.2 Å². The molecule has 0 spiro atoms. The van der Waals surface area contributed by atoms with Crippen molar-refractivity contribution in [2.45, 2.75) is 19.0 Å². The zero-order valence-electron chi connectivity index (χ0n) is 21.6. The lowest BCUT2D eigenvalue weighted by Gasteiger charge is -2.29. The number of halogens is 3. The first-order valence-electron chi connectivity index (χ1n) is 12.7. The van der Waals surface area contributed by atoms with Crippen molar-refractivity contribution in [2.75, 3.05) is 38.2 Å². The highest BCUT2D eigenvalue weighted by Gasteiger charge is 2.27. The number of anilines is 1. The molecule has 0 saturated carbocycles. The molecule has 0 aliphatic carbocycles. The van der Waals surface area contributed by atoms with Crippen LogP contribution in [-0.2, 0) is 9.53 Å². The van der Waals surface area contributed by atoms with E-state index in [9.17, 15) is 22.8 Å². The number of carbonyl (C=O) groups is 2. The van der Waals surface area contributed by atoms with Crippen LogP contribution in [0, 0.1) is 0 Å². The number of fused-ring (bicyclic) bond motifs is 1. The van der Waals surface area contributed by atoms with Crippen molar-refractivity contribution < 1.29 is 27.5 Å². The van der Waals surface area contributed by atoms with Crippen molar-refractivity contribution >= 4 is 23.3 Å². The van der Waals surface area contributed by atoms with Crippen molar-refractivity contribution in [3.8, 4) is 22.4 Å². The number of carbonyl (C=O) groups excluding carboxylic acids is 2. The topological polar surface area (TPSA) is 101 Å². The maximum atomic E-state index is 12.8. The van der Waals surface area contributed by atoms with Gasteiger partial charge in [-0.15, -0.1) is 0 Å². The summed E-state index contributed by atoms with van der Waals surface area (Å²) in [6.07, 6.45) is -1.15. The van der Waals surface area contributed by atoms with Gasteiger partial charge >= 0.3 is 12.2 Å². The number of alkyl halides is 3. The van der Waals surface area contributed by atoms with E-state index in [1.54, 1.807) is 46.5 Å². The fraction of sp³-hybridized carbons (Fsp3) is 0.286. The fourth-order valence-corrected chi connectivity index (χ4v) is 4.51. The lowest BCUT2D eigenvalue weighted by atomic mass is 9.97. The predicted octanol–water partition coefficient (Wildman–Crippen LogP) is 4.71. The van der Waals surface area contributed by atoms with E-state index in [-0.39, 0.29) is 11.8 Å². The minimum atomic E-state index is -4.50. The number of hydrogen-bond acceptors (Lipinski definition) is 5. The van der Waals surface area contributed by atoms with Gasteiger partial charge in [0.1, 0.15) is 6.54 Å². The standard InChI is InChI=1S/C28H27F3N6O3/c1-18(26(38)36-9-11-40-12-10-36)19-5-7-20(8-6-19)22-14-25-32-16-24(37(25)34-15-22)21-3-2-4-23(13-21)35-27(39)33-17-28(29,30)31/h2-8,13-16,18H,9-12,17H2,1H3,(H2,33,35,39). The molecule has 2 aromatic carbocycles. The van der Waals surface area contributed by atoms with E-state index in [0.717, 1.165) is 16.7 Å². The highest BCUT2D eigenvalue weighted by atomic mass is 19.4. The quantitative estimate of drug-likeness (QED) is 0.361. The van der Waals surface area contributed by atoms with Gasteiger partial charge in [0.15, 0.2) is 5.65 Å². The molecule has 208 valence electrons. The summed E-state index contributed by atoms with van der Waals surface area (Å²) in [4.78, 5) is 31.0. The molecule has 4 aromatic rings. The van der Waals surface area contributed by atoms with Crippen LogP contribution in [0.4, 0.5) is 23.7 Å². The van der Waals surface area contributed by atoms with Crippen molar-refractivity contribution in [3.05, 3.63) is 72.6 Å². The molecule has 1 unspecified atom stereocenters. The average Bonchev–Trinajstić information content (AvgIpc) is 3.39. The van der Waals surface area contributed by atoms with Gasteiger partial charge in [-0.25, -0.2) is 14.3 Å². The molecule has 0 bridgehead atoms. The number of urea groups is 1. The fourth-order valence-electron chi connectivity index (χ4n) is 4.51. The van der Waals surface area contributed by atoms with Gasteiger partial charge in [0.25, 0.3) is 0 Å². The number of morpholine rings is 1. The lowest BCUT2D eigenvalue weighted by Crippen LogP contribution is -2.42. The van der Waals surface area contributed by atoms with Crippen LogP contribution < -0.4 is 10.6 Å². The molecule has 1 atom stereocenters. The maximum absolute atomic E-state index is 12.8. The molecule has 1 saturated heterocycles. The van der Waals surface area contributed by atoms with Crippen LogP contribution in [0.25, 0.3) is 28.0 Å². The molecule has 1 aliphatic rings. The van der Waals surface area contributed by atoms with Crippen molar-refractivity contribution in [1.29, 1.82) is 0 Å². The number of rotatable bonds is 6. The molecular weight excluding hydrogens is 525 g/mol. The zero-order chi connectivity index (χ0) is 28.3. The Balaban J connectivity index is 1.30. The molecule has 3 amide bonds. The summed E-state index contributed by atoms with van der Waals surface area (Å²) in [6, 6.07) is 15.4. The minimum Gasteiger partial charge on any atom is -0.378 e. The molecule has 2 aromatic heterocycles. The smallest absolute Gasteiger partial charge is 0.378 e. The molecular formula is C28H27F3N6O3. The second-order valence-electron chi connectivity index (χ2n) is 9.44. The molecule has 12 heteroatoms. The number of ether oxygens (including phenoxy) is 1. The van der Waals surface area contributed by atoms with Crippen LogP contribution in [0.1, 0.15) is 18.4 Å². The molecule has 5 rings (SSSR count). The van der Waals surface area contributed by atoms with E-state index in [1.165, 1.54) is 0 Å². The number of hydrogen-bond donors (Lipinski definition) is 2. The first-order chi connectivity index (χ1) is 19.2. The van der Waals surface area contributed by atoms with Crippen LogP contribution in [0.3, 0.4) is 0 Å². The summed E-state index contributed by atoms with van der Waals surface area (Å²) in [5.74, 6) is -0.172. The third kappa shape index (κ3) is 6.23. The summed E-state index contributed by atoms with van der Waals surface area (Å²) >= 11 is 0. The monoisotopic (exact) mass is 552 g/mol. The summed E-state index contributed by atoms with van der Waals surface area (Å²) in [5, 5.41) is 8.73. The number of nitrogens with zero attached hydrogens (tertiary/aromatic N) is 4.